The minimum absolute atomic E-state index is 0.375. The lowest BCUT2D eigenvalue weighted by Crippen LogP contribution is -2.17. The summed E-state index contributed by atoms with van der Waals surface area (Å²) in [6, 6.07) is 3.92. The van der Waals surface area contributed by atoms with Gasteiger partial charge in [-0.3, -0.25) is 9.59 Å². The van der Waals surface area contributed by atoms with Crippen LogP contribution in [0.15, 0.2) is 12.1 Å². The predicted octanol–water partition coefficient (Wildman–Crippen LogP) is 5.90. The highest BCUT2D eigenvalue weighted by molar-refractivity contribution is 7.19. The van der Waals surface area contributed by atoms with Crippen LogP contribution in [0, 0.1) is 6.92 Å². The van der Waals surface area contributed by atoms with Crippen LogP contribution in [0.5, 0.6) is 5.06 Å². The topological polar surface area (TPSA) is 43.4 Å². The summed E-state index contributed by atoms with van der Waals surface area (Å²) in [5.41, 5.74) is 1.75. The molecule has 0 amide bonds. The maximum Gasteiger partial charge on any atom is 0.245 e. The summed E-state index contributed by atoms with van der Waals surface area (Å²) in [7, 11) is 0. The molecule has 2 aromatic heterocycles. The Hall–Kier alpha value is -1.46. The molecule has 5 heteroatoms. The normalized spacial score (nSPS) is 13.1. The number of Topliss-reactive ketones (excluding diaryl/α,β-unsaturated/α-hetero) is 2. The lowest BCUT2D eigenvalue weighted by Gasteiger charge is -2.08. The molecule has 2 heterocycles. The number of carbonyl (C=O) groups excluding carboxylic acids is 2. The second-order valence-corrected chi connectivity index (χ2v) is 8.45. The number of unbranched alkanes of at least 4 members (excludes halogenated alkanes) is 5. The maximum absolute atomic E-state index is 12.3. The Labute approximate surface area is 150 Å². The van der Waals surface area contributed by atoms with Gasteiger partial charge in [0.1, 0.15) is 0 Å². The Morgan fingerprint density at radius 3 is 2.25 bits per heavy atom. The molecule has 24 heavy (non-hydrogen) atoms. The van der Waals surface area contributed by atoms with Crippen molar-refractivity contribution in [3.8, 4) is 16.2 Å². The van der Waals surface area contributed by atoms with Crippen LogP contribution in [-0.4, -0.2) is 18.2 Å². The van der Waals surface area contributed by atoms with Gasteiger partial charge in [0.25, 0.3) is 0 Å². The standard InChI is InChI=1S/C19H22O3S2/c1-3-4-5-6-7-8-9-22-15-11-14-13-10-12(2)23-18(13)16(20)17(21)19(14)24-15/h10-11H,3-9H2,1-2H3. The van der Waals surface area contributed by atoms with Crippen molar-refractivity contribution >= 4 is 34.2 Å². The van der Waals surface area contributed by atoms with E-state index < -0.39 is 5.78 Å². The van der Waals surface area contributed by atoms with Crippen molar-refractivity contribution in [3.63, 3.8) is 0 Å². The van der Waals surface area contributed by atoms with E-state index in [-0.39, 0.29) is 5.78 Å². The summed E-state index contributed by atoms with van der Waals surface area (Å²) < 4.78 is 5.83. The van der Waals surface area contributed by atoms with Crippen molar-refractivity contribution in [3.05, 3.63) is 26.8 Å². The first-order valence-corrected chi connectivity index (χ1v) is 10.2. The van der Waals surface area contributed by atoms with Crippen molar-refractivity contribution in [2.45, 2.75) is 52.4 Å². The highest BCUT2D eigenvalue weighted by atomic mass is 32.1. The monoisotopic (exact) mass is 362 g/mol. The molecule has 0 aliphatic heterocycles. The third-order valence-electron chi connectivity index (χ3n) is 4.22. The fourth-order valence-electron chi connectivity index (χ4n) is 2.95. The van der Waals surface area contributed by atoms with E-state index in [0.717, 1.165) is 27.5 Å². The number of aryl methyl sites for hydroxylation is 1. The van der Waals surface area contributed by atoms with Crippen molar-refractivity contribution in [2.24, 2.45) is 0 Å². The van der Waals surface area contributed by atoms with Gasteiger partial charge in [-0.2, -0.15) is 0 Å². The van der Waals surface area contributed by atoms with E-state index in [1.165, 1.54) is 54.8 Å². The number of fused-ring (bicyclic) bond motifs is 3. The fraction of sp³-hybridized carbons (Fsp3) is 0.474. The number of ether oxygens (including phenoxy) is 1. The number of hydrogen-bond donors (Lipinski definition) is 0. The third-order valence-corrected chi connectivity index (χ3v) is 6.31. The molecule has 0 radical (unpaired) electrons. The van der Waals surface area contributed by atoms with E-state index in [1.807, 2.05) is 19.1 Å². The summed E-state index contributed by atoms with van der Waals surface area (Å²) in [4.78, 5) is 26.7. The zero-order valence-electron chi connectivity index (χ0n) is 14.1. The Morgan fingerprint density at radius 1 is 0.875 bits per heavy atom. The Bertz CT molecular complexity index is 755. The molecule has 0 N–H and O–H groups in total. The van der Waals surface area contributed by atoms with E-state index in [9.17, 15) is 9.59 Å². The first-order valence-electron chi connectivity index (χ1n) is 8.58. The molecule has 128 valence electrons. The summed E-state index contributed by atoms with van der Waals surface area (Å²) in [5, 5.41) is 0.742. The summed E-state index contributed by atoms with van der Waals surface area (Å²) in [5.74, 6) is -0.765. The second-order valence-electron chi connectivity index (χ2n) is 6.18. The van der Waals surface area contributed by atoms with Crippen molar-refractivity contribution in [1.82, 2.24) is 0 Å². The van der Waals surface area contributed by atoms with Gasteiger partial charge in [-0.1, -0.05) is 50.4 Å². The Morgan fingerprint density at radius 2 is 1.50 bits per heavy atom. The van der Waals surface area contributed by atoms with E-state index in [0.29, 0.717) is 16.4 Å². The van der Waals surface area contributed by atoms with Crippen LogP contribution in [0.4, 0.5) is 0 Å². The van der Waals surface area contributed by atoms with Gasteiger partial charge in [0.15, 0.2) is 5.06 Å². The average molecular weight is 363 g/mol. The molecule has 0 bridgehead atoms. The van der Waals surface area contributed by atoms with Crippen molar-refractivity contribution in [1.29, 1.82) is 0 Å². The molecule has 0 saturated heterocycles. The summed E-state index contributed by atoms with van der Waals surface area (Å²) >= 11 is 2.70. The van der Waals surface area contributed by atoms with Gasteiger partial charge in [0, 0.05) is 22.1 Å². The number of carbonyl (C=O) groups is 2. The molecule has 2 aromatic rings. The molecular weight excluding hydrogens is 340 g/mol. The summed E-state index contributed by atoms with van der Waals surface area (Å²) in [6.07, 6.45) is 7.31. The number of ketones is 2. The first-order chi connectivity index (χ1) is 11.6. The lowest BCUT2D eigenvalue weighted by atomic mass is 9.96. The molecule has 0 fully saturated rings. The molecule has 0 unspecified atom stereocenters. The fourth-order valence-corrected chi connectivity index (χ4v) is 4.90. The second kappa shape index (κ2) is 7.62. The SMILES string of the molecule is CCCCCCCCOc1cc2c(s1)C(=O)C(=O)c1sc(C)cc1-2. The van der Waals surface area contributed by atoms with Crippen LogP contribution in [0.3, 0.4) is 0 Å². The van der Waals surface area contributed by atoms with Crippen LogP contribution in [-0.2, 0) is 0 Å². The van der Waals surface area contributed by atoms with E-state index in [1.54, 1.807) is 0 Å². The number of rotatable bonds is 8. The molecule has 0 saturated carbocycles. The van der Waals surface area contributed by atoms with Gasteiger partial charge in [-0.25, -0.2) is 0 Å². The highest BCUT2D eigenvalue weighted by Crippen LogP contribution is 2.44. The van der Waals surface area contributed by atoms with E-state index in [2.05, 4.69) is 6.92 Å². The highest BCUT2D eigenvalue weighted by Gasteiger charge is 2.34. The maximum atomic E-state index is 12.3. The molecule has 1 aliphatic carbocycles. The van der Waals surface area contributed by atoms with Gasteiger partial charge in [0.05, 0.1) is 16.4 Å². The predicted molar refractivity (Wildman–Crippen MR) is 99.9 cm³/mol. The van der Waals surface area contributed by atoms with Gasteiger partial charge in [-0.05, 0) is 19.4 Å². The molecule has 0 atom stereocenters. The number of thiophene rings is 2. The minimum atomic E-state index is -0.390. The van der Waals surface area contributed by atoms with Crippen LogP contribution in [0.25, 0.3) is 11.1 Å². The van der Waals surface area contributed by atoms with Crippen LogP contribution < -0.4 is 4.74 Å². The van der Waals surface area contributed by atoms with Crippen LogP contribution in [0.2, 0.25) is 0 Å². The molecule has 3 nitrogen and oxygen atoms in total. The zero-order valence-corrected chi connectivity index (χ0v) is 15.8. The first kappa shape index (κ1) is 17.4. The zero-order chi connectivity index (χ0) is 17.1. The third kappa shape index (κ3) is 3.47. The average Bonchev–Trinajstić information content (AvgIpc) is 3.15. The van der Waals surface area contributed by atoms with Crippen LogP contribution >= 0.6 is 22.7 Å². The smallest absolute Gasteiger partial charge is 0.245 e. The summed E-state index contributed by atoms with van der Waals surface area (Å²) in [6.45, 7) is 4.85. The van der Waals surface area contributed by atoms with Crippen molar-refractivity contribution in [2.75, 3.05) is 6.61 Å². The Balaban J connectivity index is 1.64. The van der Waals surface area contributed by atoms with Gasteiger partial charge >= 0.3 is 0 Å². The van der Waals surface area contributed by atoms with Gasteiger partial charge in [-0.15, -0.1) is 11.3 Å². The minimum Gasteiger partial charge on any atom is -0.484 e. The molecule has 1 aliphatic rings. The molecule has 3 rings (SSSR count). The molecular formula is C19H22O3S2. The van der Waals surface area contributed by atoms with Gasteiger partial charge in [0.2, 0.25) is 11.6 Å². The van der Waals surface area contributed by atoms with Gasteiger partial charge < -0.3 is 4.74 Å². The largest absolute Gasteiger partial charge is 0.484 e. The lowest BCUT2D eigenvalue weighted by molar-refractivity contribution is 0.0820. The van der Waals surface area contributed by atoms with Crippen molar-refractivity contribution < 1.29 is 14.3 Å². The Kier molecular flexibility index (Phi) is 5.51. The molecule has 0 aromatic carbocycles. The number of hydrogen-bond acceptors (Lipinski definition) is 5. The van der Waals surface area contributed by atoms with E-state index in [4.69, 9.17) is 4.74 Å². The van der Waals surface area contributed by atoms with Crippen LogP contribution in [0.1, 0.15) is 69.7 Å². The molecule has 0 spiro atoms. The quantitative estimate of drug-likeness (QED) is 0.433. The van der Waals surface area contributed by atoms with E-state index >= 15 is 0 Å².